The fraction of sp³-hybridized carbons (Fsp3) is 0.381. The quantitative estimate of drug-likeness (QED) is 0.850. The molecule has 1 N–H and O–H groups in total. The summed E-state index contributed by atoms with van der Waals surface area (Å²) in [5.74, 6) is 0. The van der Waals surface area contributed by atoms with E-state index in [1.54, 1.807) is 11.9 Å². The lowest BCUT2D eigenvalue weighted by Gasteiger charge is -2.20. The maximum atomic E-state index is 12.3. The van der Waals surface area contributed by atoms with Crippen LogP contribution in [0.4, 0.5) is 4.79 Å². The molecule has 0 radical (unpaired) electrons. The number of hydrogen-bond donors (Lipinski definition) is 1. The van der Waals surface area contributed by atoms with Crippen molar-refractivity contribution in [2.75, 3.05) is 7.05 Å². The van der Waals surface area contributed by atoms with Gasteiger partial charge in [0.1, 0.15) is 0 Å². The minimum Gasteiger partial charge on any atom is -0.371 e. The third-order valence-corrected chi connectivity index (χ3v) is 3.72. The van der Waals surface area contributed by atoms with Gasteiger partial charge in [0.15, 0.2) is 0 Å². The molecule has 0 atom stereocenters. The summed E-state index contributed by atoms with van der Waals surface area (Å²) in [6, 6.07) is 18.0. The summed E-state index contributed by atoms with van der Waals surface area (Å²) >= 11 is 0. The fourth-order valence-electron chi connectivity index (χ4n) is 2.37. The van der Waals surface area contributed by atoms with Crippen LogP contribution in [0.3, 0.4) is 0 Å². The molecule has 0 aliphatic rings. The van der Waals surface area contributed by atoms with E-state index in [0.717, 1.165) is 16.7 Å². The van der Waals surface area contributed by atoms with Crippen molar-refractivity contribution < 1.29 is 9.53 Å². The fourth-order valence-corrected chi connectivity index (χ4v) is 2.37. The van der Waals surface area contributed by atoms with Crippen LogP contribution in [0, 0.1) is 0 Å². The average Bonchev–Trinajstić information content (AvgIpc) is 2.58. The SMILES string of the molecule is CN(Cc1ccccc1)C(=O)NCc1cccc(COC(C)(C)C)c1. The van der Waals surface area contributed by atoms with Gasteiger partial charge < -0.3 is 15.0 Å². The van der Waals surface area contributed by atoms with Crippen molar-refractivity contribution in [1.29, 1.82) is 0 Å². The molecule has 25 heavy (non-hydrogen) atoms. The van der Waals surface area contributed by atoms with E-state index in [9.17, 15) is 4.79 Å². The van der Waals surface area contributed by atoms with Gasteiger partial charge in [-0.05, 0) is 37.5 Å². The molecular formula is C21H28N2O2. The standard InChI is InChI=1S/C21H28N2O2/c1-21(2,3)25-16-19-12-8-11-18(13-19)14-22-20(24)23(4)15-17-9-6-5-7-10-17/h5-13H,14-16H2,1-4H3,(H,22,24). The van der Waals surface area contributed by atoms with E-state index in [-0.39, 0.29) is 11.6 Å². The zero-order valence-electron chi connectivity index (χ0n) is 15.6. The van der Waals surface area contributed by atoms with E-state index in [4.69, 9.17) is 4.74 Å². The molecule has 0 spiro atoms. The molecule has 2 amide bonds. The number of rotatable bonds is 6. The molecule has 0 unspecified atom stereocenters. The number of nitrogens with zero attached hydrogens (tertiary/aromatic N) is 1. The smallest absolute Gasteiger partial charge is 0.317 e. The zero-order valence-corrected chi connectivity index (χ0v) is 15.6. The minimum atomic E-state index is -0.162. The molecule has 0 aromatic heterocycles. The molecule has 0 aliphatic carbocycles. The number of amides is 2. The molecule has 0 saturated heterocycles. The summed E-state index contributed by atoms with van der Waals surface area (Å²) < 4.78 is 5.81. The third kappa shape index (κ3) is 6.98. The molecule has 2 aromatic rings. The molecule has 134 valence electrons. The minimum absolute atomic E-state index is 0.0832. The lowest BCUT2D eigenvalue weighted by atomic mass is 10.1. The Morgan fingerprint density at radius 2 is 1.64 bits per heavy atom. The molecule has 0 fully saturated rings. The first-order valence-corrected chi connectivity index (χ1v) is 8.58. The predicted octanol–water partition coefficient (Wildman–Crippen LogP) is 4.34. The van der Waals surface area contributed by atoms with Crippen molar-refractivity contribution >= 4 is 6.03 Å². The van der Waals surface area contributed by atoms with Gasteiger partial charge in [-0.1, -0.05) is 54.6 Å². The summed E-state index contributed by atoms with van der Waals surface area (Å²) in [4.78, 5) is 13.9. The highest BCUT2D eigenvalue weighted by molar-refractivity contribution is 5.73. The largest absolute Gasteiger partial charge is 0.371 e. The molecule has 2 rings (SSSR count). The van der Waals surface area contributed by atoms with Crippen LogP contribution in [0.1, 0.15) is 37.5 Å². The molecule has 0 aliphatic heterocycles. The lowest BCUT2D eigenvalue weighted by molar-refractivity contribution is -0.0149. The van der Waals surface area contributed by atoms with Crippen LogP contribution in [0.15, 0.2) is 54.6 Å². The van der Waals surface area contributed by atoms with E-state index in [2.05, 4.69) is 11.4 Å². The number of hydrogen-bond acceptors (Lipinski definition) is 2. The van der Waals surface area contributed by atoms with Crippen molar-refractivity contribution in [2.24, 2.45) is 0 Å². The highest BCUT2D eigenvalue weighted by Gasteiger charge is 2.11. The van der Waals surface area contributed by atoms with Crippen molar-refractivity contribution in [1.82, 2.24) is 10.2 Å². The van der Waals surface area contributed by atoms with Gasteiger partial charge in [-0.15, -0.1) is 0 Å². The Hall–Kier alpha value is -2.33. The van der Waals surface area contributed by atoms with Crippen LogP contribution in [0.25, 0.3) is 0 Å². The Morgan fingerprint density at radius 1 is 1.00 bits per heavy atom. The normalized spacial score (nSPS) is 11.2. The summed E-state index contributed by atoms with van der Waals surface area (Å²) in [5.41, 5.74) is 3.13. The molecular weight excluding hydrogens is 312 g/mol. The first-order chi connectivity index (χ1) is 11.8. The molecule has 4 heteroatoms. The maximum Gasteiger partial charge on any atom is 0.317 e. The summed E-state index contributed by atoms with van der Waals surface area (Å²) in [6.07, 6.45) is 0. The van der Waals surface area contributed by atoms with Gasteiger partial charge in [-0.25, -0.2) is 4.79 Å². The predicted molar refractivity (Wildman–Crippen MR) is 101 cm³/mol. The van der Waals surface area contributed by atoms with E-state index < -0.39 is 0 Å². The first-order valence-electron chi connectivity index (χ1n) is 8.58. The summed E-state index contributed by atoms with van der Waals surface area (Å²) in [7, 11) is 1.80. The monoisotopic (exact) mass is 340 g/mol. The van der Waals surface area contributed by atoms with Gasteiger partial charge in [0.2, 0.25) is 0 Å². The maximum absolute atomic E-state index is 12.3. The van der Waals surface area contributed by atoms with Crippen molar-refractivity contribution in [3.05, 3.63) is 71.3 Å². The topological polar surface area (TPSA) is 41.6 Å². The Labute approximate surface area is 150 Å². The van der Waals surface area contributed by atoms with Crippen molar-refractivity contribution in [3.8, 4) is 0 Å². The average molecular weight is 340 g/mol. The van der Waals surface area contributed by atoms with Gasteiger partial charge in [0.05, 0.1) is 12.2 Å². The molecule has 2 aromatic carbocycles. The van der Waals surface area contributed by atoms with Crippen molar-refractivity contribution in [2.45, 2.75) is 46.1 Å². The van der Waals surface area contributed by atoms with Crippen LogP contribution < -0.4 is 5.32 Å². The third-order valence-electron chi connectivity index (χ3n) is 3.72. The second-order valence-electron chi connectivity index (χ2n) is 7.22. The lowest BCUT2D eigenvalue weighted by Crippen LogP contribution is -2.36. The van der Waals surface area contributed by atoms with Crippen LogP contribution in [0.5, 0.6) is 0 Å². The van der Waals surface area contributed by atoms with E-state index in [1.165, 1.54) is 0 Å². The molecule has 4 nitrogen and oxygen atoms in total. The number of benzene rings is 2. The van der Waals surface area contributed by atoms with E-state index in [0.29, 0.717) is 19.7 Å². The molecule has 0 bridgehead atoms. The van der Waals surface area contributed by atoms with E-state index >= 15 is 0 Å². The van der Waals surface area contributed by atoms with Gasteiger partial charge >= 0.3 is 6.03 Å². The van der Waals surface area contributed by atoms with Crippen LogP contribution in [-0.4, -0.2) is 23.6 Å². The number of nitrogens with one attached hydrogen (secondary N) is 1. The molecule has 0 saturated carbocycles. The second-order valence-corrected chi connectivity index (χ2v) is 7.22. The Bertz CT molecular complexity index is 678. The number of urea groups is 1. The number of carbonyl (C=O) groups is 1. The number of carbonyl (C=O) groups excluding carboxylic acids is 1. The van der Waals surface area contributed by atoms with Gasteiger partial charge in [-0.3, -0.25) is 0 Å². The number of ether oxygens (including phenoxy) is 1. The first kappa shape index (κ1) is 19.0. The van der Waals surface area contributed by atoms with Gasteiger partial charge in [0.25, 0.3) is 0 Å². The summed E-state index contributed by atoms with van der Waals surface area (Å²) in [5, 5.41) is 2.96. The summed E-state index contributed by atoms with van der Waals surface area (Å²) in [6.45, 7) is 7.78. The molecule has 0 heterocycles. The van der Waals surface area contributed by atoms with Crippen LogP contribution in [0.2, 0.25) is 0 Å². The van der Waals surface area contributed by atoms with Crippen LogP contribution in [-0.2, 0) is 24.4 Å². The highest BCUT2D eigenvalue weighted by atomic mass is 16.5. The second kappa shape index (κ2) is 8.67. The van der Waals surface area contributed by atoms with Gasteiger partial charge in [-0.2, -0.15) is 0 Å². The Kier molecular flexibility index (Phi) is 6.59. The van der Waals surface area contributed by atoms with E-state index in [1.807, 2.05) is 69.3 Å². The zero-order chi connectivity index (χ0) is 18.3. The van der Waals surface area contributed by atoms with Crippen LogP contribution >= 0.6 is 0 Å². The Morgan fingerprint density at radius 3 is 2.32 bits per heavy atom. The Balaban J connectivity index is 1.84. The van der Waals surface area contributed by atoms with Gasteiger partial charge in [0, 0.05) is 20.1 Å². The van der Waals surface area contributed by atoms with Crippen molar-refractivity contribution in [3.63, 3.8) is 0 Å². The highest BCUT2D eigenvalue weighted by Crippen LogP contribution is 2.13.